The van der Waals surface area contributed by atoms with Crippen molar-refractivity contribution >= 4 is 11.9 Å². The molecule has 1 atom stereocenters. The molecule has 1 heterocycles. The standard InChI is InChI=1S/C15H19N5O4/c1-3-24-15(22)8-13(11-5-4-6-12(7-11)23-2)17-14(21)9-20-10-16-18-19-20/h4-7,10,13H,3,8-9H2,1-2H3,(H,17,21). The molecule has 0 aliphatic rings. The van der Waals surface area contributed by atoms with Gasteiger partial charge in [-0.05, 0) is 35.0 Å². The van der Waals surface area contributed by atoms with E-state index in [1.165, 1.54) is 11.0 Å². The van der Waals surface area contributed by atoms with Crippen LogP contribution in [0.15, 0.2) is 30.6 Å². The highest BCUT2D eigenvalue weighted by Gasteiger charge is 2.20. The number of carbonyl (C=O) groups is 2. The topological polar surface area (TPSA) is 108 Å². The molecule has 0 bridgehead atoms. The molecule has 24 heavy (non-hydrogen) atoms. The number of aromatic nitrogens is 4. The predicted octanol–water partition coefficient (Wildman–Crippen LogP) is 0.492. The van der Waals surface area contributed by atoms with Crippen LogP contribution in [0.4, 0.5) is 0 Å². The van der Waals surface area contributed by atoms with E-state index in [9.17, 15) is 9.59 Å². The van der Waals surface area contributed by atoms with Crippen molar-refractivity contribution in [3.05, 3.63) is 36.2 Å². The number of hydrogen-bond donors (Lipinski definition) is 1. The van der Waals surface area contributed by atoms with Gasteiger partial charge in [0.1, 0.15) is 18.6 Å². The van der Waals surface area contributed by atoms with Crippen LogP contribution in [0, 0.1) is 0 Å². The van der Waals surface area contributed by atoms with Crippen molar-refractivity contribution in [3.8, 4) is 5.75 Å². The van der Waals surface area contributed by atoms with Crippen LogP contribution in [0.25, 0.3) is 0 Å². The number of amides is 1. The number of methoxy groups -OCH3 is 1. The molecule has 9 nitrogen and oxygen atoms in total. The van der Waals surface area contributed by atoms with Gasteiger partial charge in [0.15, 0.2) is 0 Å². The number of nitrogens with zero attached hydrogens (tertiary/aromatic N) is 4. The third-order valence-electron chi connectivity index (χ3n) is 3.20. The fourth-order valence-corrected chi connectivity index (χ4v) is 2.14. The molecule has 1 amide bonds. The molecule has 0 aliphatic carbocycles. The number of esters is 1. The van der Waals surface area contributed by atoms with Gasteiger partial charge in [-0.15, -0.1) is 5.10 Å². The number of ether oxygens (including phenoxy) is 2. The Labute approximate surface area is 138 Å². The Morgan fingerprint density at radius 2 is 2.21 bits per heavy atom. The lowest BCUT2D eigenvalue weighted by molar-refractivity contribution is -0.143. The molecule has 0 spiro atoms. The number of benzene rings is 1. The Balaban J connectivity index is 2.12. The van der Waals surface area contributed by atoms with E-state index in [1.807, 2.05) is 6.07 Å². The van der Waals surface area contributed by atoms with Crippen LogP contribution in [0.2, 0.25) is 0 Å². The Hall–Kier alpha value is -2.97. The van der Waals surface area contributed by atoms with E-state index in [4.69, 9.17) is 9.47 Å². The molecule has 0 aliphatic heterocycles. The fraction of sp³-hybridized carbons (Fsp3) is 0.400. The van der Waals surface area contributed by atoms with Gasteiger partial charge < -0.3 is 14.8 Å². The second-order valence-corrected chi connectivity index (χ2v) is 4.91. The average Bonchev–Trinajstić information content (AvgIpc) is 3.07. The maximum Gasteiger partial charge on any atom is 0.308 e. The van der Waals surface area contributed by atoms with Crippen molar-refractivity contribution in [3.63, 3.8) is 0 Å². The highest BCUT2D eigenvalue weighted by molar-refractivity contribution is 5.77. The van der Waals surface area contributed by atoms with E-state index in [0.717, 1.165) is 5.56 Å². The Bertz CT molecular complexity index is 674. The van der Waals surface area contributed by atoms with Crippen LogP contribution in [0.1, 0.15) is 24.9 Å². The molecule has 2 aromatic rings. The molecule has 1 unspecified atom stereocenters. The van der Waals surface area contributed by atoms with Crippen LogP contribution in [0.3, 0.4) is 0 Å². The number of rotatable bonds is 8. The van der Waals surface area contributed by atoms with Gasteiger partial charge in [-0.2, -0.15) is 0 Å². The zero-order chi connectivity index (χ0) is 17.4. The fourth-order valence-electron chi connectivity index (χ4n) is 2.14. The first-order valence-electron chi connectivity index (χ1n) is 7.42. The zero-order valence-corrected chi connectivity index (χ0v) is 13.5. The molecule has 0 saturated heterocycles. The van der Waals surface area contributed by atoms with Gasteiger partial charge in [0.05, 0.1) is 26.2 Å². The van der Waals surface area contributed by atoms with Crippen molar-refractivity contribution in [2.24, 2.45) is 0 Å². The largest absolute Gasteiger partial charge is 0.497 e. The second-order valence-electron chi connectivity index (χ2n) is 4.91. The lowest BCUT2D eigenvalue weighted by Gasteiger charge is -2.19. The van der Waals surface area contributed by atoms with Crippen molar-refractivity contribution in [1.29, 1.82) is 0 Å². The smallest absolute Gasteiger partial charge is 0.308 e. The molecule has 2 rings (SSSR count). The number of nitrogens with one attached hydrogen (secondary N) is 1. The molecule has 1 aromatic heterocycles. The molecule has 0 saturated carbocycles. The van der Waals surface area contributed by atoms with Crippen molar-refractivity contribution in [2.45, 2.75) is 25.9 Å². The van der Waals surface area contributed by atoms with Crippen molar-refractivity contribution in [2.75, 3.05) is 13.7 Å². The minimum absolute atomic E-state index is 0.0162. The van der Waals surface area contributed by atoms with Crippen LogP contribution >= 0.6 is 0 Å². The van der Waals surface area contributed by atoms with Crippen LogP contribution in [0.5, 0.6) is 5.75 Å². The highest BCUT2D eigenvalue weighted by atomic mass is 16.5. The third-order valence-corrected chi connectivity index (χ3v) is 3.20. The van der Waals surface area contributed by atoms with E-state index in [0.29, 0.717) is 5.75 Å². The van der Waals surface area contributed by atoms with Crippen LogP contribution in [-0.4, -0.2) is 45.8 Å². The van der Waals surface area contributed by atoms with Crippen molar-refractivity contribution in [1.82, 2.24) is 25.5 Å². The Morgan fingerprint density at radius 1 is 1.38 bits per heavy atom. The number of tetrazole rings is 1. The lowest BCUT2D eigenvalue weighted by Crippen LogP contribution is -2.33. The first kappa shape index (κ1) is 17.4. The first-order valence-corrected chi connectivity index (χ1v) is 7.42. The van der Waals surface area contributed by atoms with Gasteiger partial charge in [-0.3, -0.25) is 9.59 Å². The van der Waals surface area contributed by atoms with Gasteiger partial charge in [0.25, 0.3) is 0 Å². The summed E-state index contributed by atoms with van der Waals surface area (Å²) >= 11 is 0. The van der Waals surface area contributed by atoms with E-state index in [1.54, 1.807) is 32.2 Å². The summed E-state index contributed by atoms with van der Waals surface area (Å²) in [6.07, 6.45) is 1.35. The summed E-state index contributed by atoms with van der Waals surface area (Å²) in [5.74, 6) is -0.0801. The molecule has 0 fully saturated rings. The van der Waals surface area contributed by atoms with Gasteiger partial charge in [0.2, 0.25) is 5.91 Å². The van der Waals surface area contributed by atoms with E-state index in [2.05, 4.69) is 20.8 Å². The maximum atomic E-state index is 12.2. The molecular weight excluding hydrogens is 314 g/mol. The SMILES string of the molecule is CCOC(=O)CC(NC(=O)Cn1cnnn1)c1cccc(OC)c1. The Morgan fingerprint density at radius 3 is 2.88 bits per heavy atom. The second kappa shape index (κ2) is 8.61. The summed E-state index contributed by atoms with van der Waals surface area (Å²) in [5.41, 5.74) is 0.743. The molecule has 9 heteroatoms. The molecule has 1 aromatic carbocycles. The normalized spacial score (nSPS) is 11.6. The van der Waals surface area contributed by atoms with Gasteiger partial charge in [0, 0.05) is 0 Å². The third kappa shape index (κ3) is 5.04. The molecule has 1 N–H and O–H groups in total. The summed E-state index contributed by atoms with van der Waals surface area (Å²) < 4.78 is 11.5. The predicted molar refractivity (Wildman–Crippen MR) is 82.9 cm³/mol. The highest BCUT2D eigenvalue weighted by Crippen LogP contribution is 2.22. The van der Waals surface area contributed by atoms with E-state index in [-0.39, 0.29) is 25.5 Å². The minimum atomic E-state index is -0.539. The van der Waals surface area contributed by atoms with Gasteiger partial charge >= 0.3 is 5.97 Å². The van der Waals surface area contributed by atoms with E-state index >= 15 is 0 Å². The molecule has 128 valence electrons. The minimum Gasteiger partial charge on any atom is -0.497 e. The summed E-state index contributed by atoms with van der Waals surface area (Å²) in [6.45, 7) is 1.97. The maximum absolute atomic E-state index is 12.2. The van der Waals surface area contributed by atoms with Crippen molar-refractivity contribution < 1.29 is 19.1 Å². The molecular formula is C15H19N5O4. The number of hydrogen-bond acceptors (Lipinski definition) is 7. The Kier molecular flexibility index (Phi) is 6.23. The summed E-state index contributed by atoms with van der Waals surface area (Å²) in [6, 6.07) is 6.61. The van der Waals surface area contributed by atoms with Crippen LogP contribution in [-0.2, 0) is 20.9 Å². The zero-order valence-electron chi connectivity index (χ0n) is 13.5. The first-order chi connectivity index (χ1) is 11.6. The molecule has 0 radical (unpaired) electrons. The summed E-state index contributed by atoms with van der Waals surface area (Å²) in [4.78, 5) is 24.0. The van der Waals surface area contributed by atoms with Gasteiger partial charge in [-0.1, -0.05) is 12.1 Å². The summed E-state index contributed by atoms with van der Waals surface area (Å²) in [7, 11) is 1.55. The van der Waals surface area contributed by atoms with Gasteiger partial charge in [-0.25, -0.2) is 4.68 Å². The average molecular weight is 333 g/mol. The number of carbonyl (C=O) groups excluding carboxylic acids is 2. The summed E-state index contributed by atoms with van der Waals surface area (Å²) in [5, 5.41) is 13.4. The quantitative estimate of drug-likeness (QED) is 0.700. The monoisotopic (exact) mass is 333 g/mol. The van der Waals surface area contributed by atoms with Crippen LogP contribution < -0.4 is 10.1 Å². The lowest BCUT2D eigenvalue weighted by atomic mass is 10.0. The van der Waals surface area contributed by atoms with E-state index < -0.39 is 12.0 Å².